The van der Waals surface area contributed by atoms with Gasteiger partial charge in [0.1, 0.15) is 16.8 Å². The number of hydrogen-bond acceptors (Lipinski definition) is 3. The average Bonchev–Trinajstić information content (AvgIpc) is 2.15. The molecule has 0 aromatic carbocycles. The number of ketones is 1. The lowest BCUT2D eigenvalue weighted by atomic mass is 10.2. The molecule has 0 radical (unpaired) electrons. The van der Waals surface area contributed by atoms with Crippen LogP contribution in [0.2, 0.25) is 0 Å². The molecular formula is C9H7Cl2NO2. The minimum Gasteiger partial charge on any atom is -0.364 e. The molecule has 1 aliphatic carbocycles. The Labute approximate surface area is 91.3 Å². The maximum Gasteiger partial charge on any atom is 0.178 e. The third-order valence-electron chi connectivity index (χ3n) is 1.28. The van der Waals surface area contributed by atoms with Crippen molar-refractivity contribution in [3.63, 3.8) is 0 Å². The lowest BCUT2D eigenvalue weighted by Crippen LogP contribution is -1.99. The van der Waals surface area contributed by atoms with Crippen LogP contribution in [0.5, 0.6) is 0 Å². The first-order valence-corrected chi connectivity index (χ1v) is 4.64. The fourth-order valence-electron chi connectivity index (χ4n) is 0.693. The highest BCUT2D eigenvalue weighted by Gasteiger charge is 1.98. The van der Waals surface area contributed by atoms with Gasteiger partial charge >= 0.3 is 0 Å². The molecule has 0 N–H and O–H groups in total. The van der Waals surface area contributed by atoms with Crippen LogP contribution >= 0.6 is 23.2 Å². The Morgan fingerprint density at radius 2 is 1.93 bits per heavy atom. The van der Waals surface area contributed by atoms with Crippen LogP contribution in [0.25, 0.3) is 0 Å². The SMILES string of the molecule is O=C1C=CC(=NOC=CC(Cl)Cl)C=C1. The second-order valence-electron chi connectivity index (χ2n) is 2.35. The Bertz CT molecular complexity index is 312. The number of rotatable bonds is 3. The third-order valence-corrected chi connectivity index (χ3v) is 1.57. The maximum atomic E-state index is 10.7. The van der Waals surface area contributed by atoms with Gasteiger partial charge in [0.25, 0.3) is 0 Å². The minimum absolute atomic E-state index is 0.0685. The van der Waals surface area contributed by atoms with Crippen LogP contribution in [-0.4, -0.2) is 16.3 Å². The highest BCUT2D eigenvalue weighted by molar-refractivity contribution is 6.45. The molecule has 0 saturated carbocycles. The summed E-state index contributed by atoms with van der Waals surface area (Å²) in [7, 11) is 0. The largest absolute Gasteiger partial charge is 0.364 e. The third kappa shape index (κ3) is 4.25. The van der Waals surface area contributed by atoms with Crippen molar-refractivity contribution in [3.8, 4) is 0 Å². The van der Waals surface area contributed by atoms with Gasteiger partial charge < -0.3 is 4.84 Å². The zero-order chi connectivity index (χ0) is 10.4. The van der Waals surface area contributed by atoms with Crippen LogP contribution < -0.4 is 0 Å². The Morgan fingerprint density at radius 1 is 1.29 bits per heavy atom. The second-order valence-corrected chi connectivity index (χ2v) is 3.52. The van der Waals surface area contributed by atoms with Crippen molar-refractivity contribution in [2.24, 2.45) is 5.16 Å². The smallest absolute Gasteiger partial charge is 0.178 e. The van der Waals surface area contributed by atoms with Crippen LogP contribution in [0, 0.1) is 0 Å². The van der Waals surface area contributed by atoms with E-state index in [1.807, 2.05) is 0 Å². The van der Waals surface area contributed by atoms with Gasteiger partial charge in [-0.2, -0.15) is 0 Å². The zero-order valence-corrected chi connectivity index (χ0v) is 8.57. The first-order chi connectivity index (χ1) is 6.68. The molecule has 0 aromatic heterocycles. The number of oxime groups is 1. The summed E-state index contributed by atoms with van der Waals surface area (Å²) in [6, 6.07) is 0. The van der Waals surface area contributed by atoms with Crippen LogP contribution in [-0.2, 0) is 9.63 Å². The molecular weight excluding hydrogens is 225 g/mol. The van der Waals surface area contributed by atoms with Gasteiger partial charge in [0.2, 0.25) is 0 Å². The number of carbonyl (C=O) groups is 1. The predicted molar refractivity (Wildman–Crippen MR) is 56.4 cm³/mol. The van der Waals surface area contributed by atoms with E-state index in [1.54, 1.807) is 12.2 Å². The van der Waals surface area contributed by atoms with E-state index < -0.39 is 4.84 Å². The molecule has 0 aliphatic heterocycles. The van der Waals surface area contributed by atoms with Crippen molar-refractivity contribution >= 4 is 34.7 Å². The van der Waals surface area contributed by atoms with E-state index >= 15 is 0 Å². The first kappa shape index (κ1) is 11.0. The van der Waals surface area contributed by atoms with E-state index in [2.05, 4.69) is 5.16 Å². The molecule has 0 amide bonds. The number of hydrogen-bond donors (Lipinski definition) is 0. The summed E-state index contributed by atoms with van der Waals surface area (Å²) in [6.45, 7) is 0. The van der Waals surface area contributed by atoms with Crippen molar-refractivity contribution in [2.75, 3.05) is 0 Å². The molecule has 0 unspecified atom stereocenters. The van der Waals surface area contributed by atoms with Crippen LogP contribution in [0.1, 0.15) is 0 Å². The van der Waals surface area contributed by atoms with Crippen LogP contribution in [0.4, 0.5) is 0 Å². The topological polar surface area (TPSA) is 38.7 Å². The molecule has 74 valence electrons. The van der Waals surface area contributed by atoms with Crippen LogP contribution in [0.3, 0.4) is 0 Å². The second kappa shape index (κ2) is 5.62. The summed E-state index contributed by atoms with van der Waals surface area (Å²) in [4.78, 5) is 14.8. The fraction of sp³-hybridized carbons (Fsp3) is 0.111. The number of alkyl halides is 2. The predicted octanol–water partition coefficient (Wildman–Crippen LogP) is 2.37. The van der Waals surface area contributed by atoms with Gasteiger partial charge in [-0.15, -0.1) is 23.2 Å². The fourth-order valence-corrected chi connectivity index (χ4v) is 0.812. The maximum absolute atomic E-state index is 10.7. The summed E-state index contributed by atoms with van der Waals surface area (Å²) < 4.78 is 0. The van der Waals surface area contributed by atoms with Crippen molar-refractivity contribution in [1.29, 1.82) is 0 Å². The minimum atomic E-state index is -0.616. The van der Waals surface area contributed by atoms with E-state index in [4.69, 9.17) is 28.0 Å². The Hall–Kier alpha value is -1.06. The summed E-state index contributed by atoms with van der Waals surface area (Å²) >= 11 is 10.8. The van der Waals surface area contributed by atoms with Gasteiger partial charge in [0.15, 0.2) is 5.78 Å². The van der Waals surface area contributed by atoms with Gasteiger partial charge in [-0.1, -0.05) is 5.16 Å². The van der Waals surface area contributed by atoms with E-state index in [1.165, 1.54) is 24.5 Å². The average molecular weight is 232 g/mol. The van der Waals surface area contributed by atoms with Crippen LogP contribution in [0.15, 0.2) is 41.8 Å². The molecule has 0 saturated heterocycles. The Kier molecular flexibility index (Phi) is 4.43. The first-order valence-electron chi connectivity index (χ1n) is 3.77. The molecule has 0 heterocycles. The molecule has 0 atom stereocenters. The van der Waals surface area contributed by atoms with Crippen molar-refractivity contribution < 1.29 is 9.63 Å². The van der Waals surface area contributed by atoms with Crippen molar-refractivity contribution in [2.45, 2.75) is 4.84 Å². The number of nitrogens with zero attached hydrogens (tertiary/aromatic N) is 1. The number of carbonyl (C=O) groups excluding carboxylic acids is 1. The van der Waals surface area contributed by atoms with Gasteiger partial charge in [-0.3, -0.25) is 4.79 Å². The molecule has 14 heavy (non-hydrogen) atoms. The molecule has 0 fully saturated rings. The lowest BCUT2D eigenvalue weighted by Gasteiger charge is -1.96. The monoisotopic (exact) mass is 231 g/mol. The quantitative estimate of drug-likeness (QED) is 0.324. The molecule has 5 heteroatoms. The lowest BCUT2D eigenvalue weighted by molar-refractivity contribution is -0.110. The highest BCUT2D eigenvalue weighted by Crippen LogP contribution is 2.03. The highest BCUT2D eigenvalue weighted by atomic mass is 35.5. The standard InChI is InChI=1S/C9H7Cl2NO2/c10-9(11)5-6-14-12-7-1-3-8(13)4-2-7/h1-6,9H. The Balaban J connectivity index is 2.43. The summed E-state index contributed by atoms with van der Waals surface area (Å²) in [5, 5.41) is 3.68. The number of allylic oxidation sites excluding steroid dienone is 5. The van der Waals surface area contributed by atoms with Gasteiger partial charge in [0, 0.05) is 0 Å². The summed E-state index contributed by atoms with van der Waals surface area (Å²) in [6.07, 6.45) is 8.60. The van der Waals surface area contributed by atoms with E-state index in [0.717, 1.165) is 0 Å². The molecule has 0 aromatic rings. The summed E-state index contributed by atoms with van der Waals surface area (Å²) in [5.74, 6) is -0.0685. The van der Waals surface area contributed by atoms with Gasteiger partial charge in [0.05, 0.1) is 0 Å². The van der Waals surface area contributed by atoms with E-state index in [0.29, 0.717) is 5.71 Å². The molecule has 0 spiro atoms. The van der Waals surface area contributed by atoms with Gasteiger partial charge in [-0.25, -0.2) is 0 Å². The van der Waals surface area contributed by atoms with Gasteiger partial charge in [-0.05, 0) is 30.4 Å². The molecule has 1 aliphatic rings. The normalized spacial score (nSPS) is 15.6. The molecule has 0 bridgehead atoms. The zero-order valence-electron chi connectivity index (χ0n) is 7.06. The van der Waals surface area contributed by atoms with E-state index in [-0.39, 0.29) is 5.78 Å². The Morgan fingerprint density at radius 3 is 2.50 bits per heavy atom. The molecule has 3 nitrogen and oxygen atoms in total. The number of halogens is 2. The van der Waals surface area contributed by atoms with Crippen molar-refractivity contribution in [1.82, 2.24) is 0 Å². The van der Waals surface area contributed by atoms with E-state index in [9.17, 15) is 4.79 Å². The molecule has 1 rings (SSSR count). The van der Waals surface area contributed by atoms with Crippen molar-refractivity contribution in [3.05, 3.63) is 36.6 Å². The summed E-state index contributed by atoms with van der Waals surface area (Å²) in [5.41, 5.74) is 0.551.